The summed E-state index contributed by atoms with van der Waals surface area (Å²) in [5.74, 6) is 0.773. The molecule has 0 N–H and O–H groups in total. The number of piperazine rings is 1. The first kappa shape index (κ1) is 16.1. The van der Waals surface area contributed by atoms with Crippen LogP contribution in [0.1, 0.15) is 20.3 Å². The largest absolute Gasteiger partial charge is 0.481 e. The van der Waals surface area contributed by atoms with Crippen LogP contribution in [0, 0.1) is 0 Å². The van der Waals surface area contributed by atoms with Gasteiger partial charge < -0.3 is 14.5 Å². The Kier molecular flexibility index (Phi) is 5.88. The third-order valence-corrected chi connectivity index (χ3v) is 4.12. The van der Waals surface area contributed by atoms with Crippen molar-refractivity contribution in [3.05, 3.63) is 29.3 Å². The van der Waals surface area contributed by atoms with Gasteiger partial charge >= 0.3 is 0 Å². The molecule has 0 aliphatic carbocycles. The minimum atomic E-state index is -0.417. The maximum absolute atomic E-state index is 12.6. The van der Waals surface area contributed by atoms with Crippen LogP contribution >= 0.6 is 11.6 Å². The van der Waals surface area contributed by atoms with Crippen molar-refractivity contribution in [3.63, 3.8) is 0 Å². The van der Waals surface area contributed by atoms with Crippen LogP contribution in [0.15, 0.2) is 24.3 Å². The Morgan fingerprint density at radius 3 is 2.33 bits per heavy atom. The second-order valence-electron chi connectivity index (χ2n) is 5.23. The zero-order chi connectivity index (χ0) is 15.2. The van der Waals surface area contributed by atoms with Crippen LogP contribution < -0.4 is 4.74 Å². The topological polar surface area (TPSA) is 32.8 Å². The fraction of sp³-hybridized carbons (Fsp3) is 0.562. The smallest absolute Gasteiger partial charge is 0.263 e. The Labute approximate surface area is 131 Å². The van der Waals surface area contributed by atoms with Crippen molar-refractivity contribution in [2.24, 2.45) is 0 Å². The van der Waals surface area contributed by atoms with Crippen LogP contribution in [0.2, 0.25) is 5.02 Å². The molecule has 21 heavy (non-hydrogen) atoms. The second kappa shape index (κ2) is 7.66. The Morgan fingerprint density at radius 1 is 1.19 bits per heavy atom. The van der Waals surface area contributed by atoms with E-state index in [2.05, 4.69) is 11.8 Å². The van der Waals surface area contributed by atoms with Crippen LogP contribution in [-0.4, -0.2) is 54.5 Å². The predicted octanol–water partition coefficient (Wildman–Crippen LogP) is 2.66. The van der Waals surface area contributed by atoms with E-state index in [9.17, 15) is 4.79 Å². The van der Waals surface area contributed by atoms with Crippen molar-refractivity contribution in [3.8, 4) is 5.75 Å². The zero-order valence-electron chi connectivity index (χ0n) is 12.7. The van der Waals surface area contributed by atoms with Gasteiger partial charge in [-0.25, -0.2) is 0 Å². The fourth-order valence-electron chi connectivity index (χ4n) is 2.47. The van der Waals surface area contributed by atoms with E-state index in [1.54, 1.807) is 24.3 Å². The summed E-state index contributed by atoms with van der Waals surface area (Å²) in [5, 5.41) is 0.664. The number of amides is 1. The van der Waals surface area contributed by atoms with Gasteiger partial charge in [0.1, 0.15) is 5.75 Å². The number of benzene rings is 1. The van der Waals surface area contributed by atoms with Crippen molar-refractivity contribution in [1.29, 1.82) is 0 Å². The molecule has 0 spiro atoms. The van der Waals surface area contributed by atoms with Gasteiger partial charge in [-0.15, -0.1) is 0 Å². The molecular weight excluding hydrogens is 288 g/mol. The summed E-state index contributed by atoms with van der Waals surface area (Å²) >= 11 is 5.86. The SMILES string of the molecule is CCC(Oc1ccc(Cl)cc1)C(=O)N1CCN(CC)CC1. The number of hydrogen-bond acceptors (Lipinski definition) is 3. The summed E-state index contributed by atoms with van der Waals surface area (Å²) in [7, 11) is 0. The molecule has 0 bridgehead atoms. The first-order valence-electron chi connectivity index (χ1n) is 7.57. The van der Waals surface area contributed by atoms with E-state index >= 15 is 0 Å². The first-order valence-corrected chi connectivity index (χ1v) is 7.95. The molecule has 1 unspecified atom stereocenters. The molecule has 1 amide bonds. The fourth-order valence-corrected chi connectivity index (χ4v) is 2.60. The average Bonchev–Trinajstić information content (AvgIpc) is 2.54. The zero-order valence-corrected chi connectivity index (χ0v) is 13.5. The monoisotopic (exact) mass is 310 g/mol. The lowest BCUT2D eigenvalue weighted by Gasteiger charge is -2.35. The third kappa shape index (κ3) is 4.35. The first-order chi connectivity index (χ1) is 10.1. The van der Waals surface area contributed by atoms with E-state index in [4.69, 9.17) is 16.3 Å². The normalized spacial score (nSPS) is 17.6. The molecule has 1 atom stereocenters. The van der Waals surface area contributed by atoms with Crippen molar-refractivity contribution < 1.29 is 9.53 Å². The van der Waals surface area contributed by atoms with E-state index in [1.165, 1.54) is 0 Å². The van der Waals surface area contributed by atoms with Gasteiger partial charge in [0, 0.05) is 31.2 Å². The molecule has 1 fully saturated rings. The van der Waals surface area contributed by atoms with Gasteiger partial charge in [0.25, 0.3) is 5.91 Å². The number of carbonyl (C=O) groups is 1. The van der Waals surface area contributed by atoms with Crippen molar-refractivity contribution in [2.75, 3.05) is 32.7 Å². The molecule has 116 valence electrons. The lowest BCUT2D eigenvalue weighted by Crippen LogP contribution is -2.52. The summed E-state index contributed by atoms with van der Waals surface area (Å²) in [5.41, 5.74) is 0. The molecule has 1 aliphatic heterocycles. The van der Waals surface area contributed by atoms with E-state index in [-0.39, 0.29) is 5.91 Å². The summed E-state index contributed by atoms with van der Waals surface area (Å²) in [6.45, 7) is 8.62. The summed E-state index contributed by atoms with van der Waals surface area (Å²) < 4.78 is 5.82. The highest BCUT2D eigenvalue weighted by Gasteiger charge is 2.27. The number of nitrogens with zero attached hydrogens (tertiary/aromatic N) is 2. The highest BCUT2D eigenvalue weighted by atomic mass is 35.5. The molecule has 1 aliphatic rings. The van der Waals surface area contributed by atoms with Gasteiger partial charge in [0.05, 0.1) is 0 Å². The van der Waals surface area contributed by atoms with Gasteiger partial charge in [-0.3, -0.25) is 4.79 Å². The van der Waals surface area contributed by atoms with Crippen LogP contribution in [-0.2, 0) is 4.79 Å². The number of halogens is 1. The Balaban J connectivity index is 1.94. The molecule has 1 aromatic carbocycles. The van der Waals surface area contributed by atoms with Gasteiger partial charge in [-0.2, -0.15) is 0 Å². The average molecular weight is 311 g/mol. The predicted molar refractivity (Wildman–Crippen MR) is 84.9 cm³/mol. The molecule has 0 saturated carbocycles. The van der Waals surface area contributed by atoms with Gasteiger partial charge in [0.15, 0.2) is 6.10 Å². The molecule has 4 nitrogen and oxygen atoms in total. The van der Waals surface area contributed by atoms with Crippen LogP contribution in [0.3, 0.4) is 0 Å². The van der Waals surface area contributed by atoms with Crippen molar-refractivity contribution in [2.45, 2.75) is 26.4 Å². The van der Waals surface area contributed by atoms with E-state index in [0.717, 1.165) is 32.7 Å². The molecule has 1 saturated heterocycles. The van der Waals surface area contributed by atoms with E-state index in [0.29, 0.717) is 17.2 Å². The van der Waals surface area contributed by atoms with Crippen LogP contribution in [0.25, 0.3) is 0 Å². The van der Waals surface area contributed by atoms with Gasteiger partial charge in [0.2, 0.25) is 0 Å². The molecule has 0 aromatic heterocycles. The van der Waals surface area contributed by atoms with Crippen molar-refractivity contribution >= 4 is 17.5 Å². The number of rotatable bonds is 5. The Morgan fingerprint density at radius 2 is 1.81 bits per heavy atom. The maximum Gasteiger partial charge on any atom is 0.263 e. The minimum absolute atomic E-state index is 0.0863. The van der Waals surface area contributed by atoms with Gasteiger partial charge in [-0.1, -0.05) is 25.4 Å². The van der Waals surface area contributed by atoms with E-state index < -0.39 is 6.10 Å². The second-order valence-corrected chi connectivity index (χ2v) is 5.66. The number of carbonyl (C=O) groups excluding carboxylic acids is 1. The van der Waals surface area contributed by atoms with E-state index in [1.807, 2.05) is 11.8 Å². The standard InChI is InChI=1S/C16H23ClN2O2/c1-3-15(21-14-7-5-13(17)6-8-14)16(20)19-11-9-18(4-2)10-12-19/h5-8,15H,3-4,9-12H2,1-2H3. The Bertz CT molecular complexity index is 456. The number of likely N-dealkylation sites (N-methyl/N-ethyl adjacent to an activating group) is 1. The number of hydrogen-bond donors (Lipinski definition) is 0. The van der Waals surface area contributed by atoms with Crippen LogP contribution in [0.4, 0.5) is 0 Å². The quantitative estimate of drug-likeness (QED) is 0.838. The third-order valence-electron chi connectivity index (χ3n) is 3.87. The molecule has 5 heteroatoms. The van der Waals surface area contributed by atoms with Gasteiger partial charge in [-0.05, 0) is 37.2 Å². The molecular formula is C16H23ClN2O2. The maximum atomic E-state index is 12.6. The minimum Gasteiger partial charge on any atom is -0.481 e. The molecule has 1 heterocycles. The molecule has 0 radical (unpaired) electrons. The molecule has 1 aromatic rings. The molecule has 2 rings (SSSR count). The lowest BCUT2D eigenvalue weighted by molar-refractivity contribution is -0.140. The lowest BCUT2D eigenvalue weighted by atomic mass is 10.2. The summed E-state index contributed by atoms with van der Waals surface area (Å²) in [6.07, 6.45) is 0.245. The summed E-state index contributed by atoms with van der Waals surface area (Å²) in [4.78, 5) is 16.8. The van der Waals surface area contributed by atoms with Crippen LogP contribution in [0.5, 0.6) is 5.75 Å². The highest BCUT2D eigenvalue weighted by molar-refractivity contribution is 6.30. The highest BCUT2D eigenvalue weighted by Crippen LogP contribution is 2.18. The number of ether oxygens (including phenoxy) is 1. The Hall–Kier alpha value is -1.26. The van der Waals surface area contributed by atoms with Crippen molar-refractivity contribution in [1.82, 2.24) is 9.80 Å². The summed E-state index contributed by atoms with van der Waals surface area (Å²) in [6, 6.07) is 7.14.